The van der Waals surface area contributed by atoms with Crippen LogP contribution < -0.4 is 11.1 Å². The summed E-state index contributed by atoms with van der Waals surface area (Å²) in [5.41, 5.74) is 6.79. The Balaban J connectivity index is 2.64. The van der Waals surface area contributed by atoms with Gasteiger partial charge in [0.2, 0.25) is 5.91 Å². The number of amides is 1. The molecule has 0 fully saturated rings. The van der Waals surface area contributed by atoms with Crippen molar-refractivity contribution in [2.75, 3.05) is 11.1 Å². The van der Waals surface area contributed by atoms with Gasteiger partial charge in [-0.25, -0.2) is 0 Å². The van der Waals surface area contributed by atoms with Crippen LogP contribution in [0.5, 0.6) is 0 Å². The number of carbonyl (C=O) groups is 1. The lowest BCUT2D eigenvalue weighted by Crippen LogP contribution is -2.24. The average Bonchev–Trinajstić information content (AvgIpc) is 2.32. The van der Waals surface area contributed by atoms with Crippen LogP contribution >= 0.6 is 23.4 Å². The Morgan fingerprint density at radius 2 is 2.17 bits per heavy atom. The molecule has 1 rings (SSSR count). The van der Waals surface area contributed by atoms with Crippen LogP contribution in [0.4, 0.5) is 11.4 Å². The van der Waals surface area contributed by atoms with E-state index < -0.39 is 0 Å². The van der Waals surface area contributed by atoms with Crippen molar-refractivity contribution < 1.29 is 4.79 Å². The van der Waals surface area contributed by atoms with Gasteiger partial charge in [0, 0.05) is 10.9 Å². The van der Waals surface area contributed by atoms with Crippen molar-refractivity contribution in [3.05, 3.63) is 23.2 Å². The van der Waals surface area contributed by atoms with Gasteiger partial charge >= 0.3 is 0 Å². The molecule has 3 N–H and O–H groups in total. The van der Waals surface area contributed by atoms with Crippen LogP contribution in [0.2, 0.25) is 5.02 Å². The van der Waals surface area contributed by atoms with Gasteiger partial charge in [-0.1, -0.05) is 25.4 Å². The first kappa shape index (κ1) is 15.2. The topological polar surface area (TPSA) is 55.1 Å². The summed E-state index contributed by atoms with van der Waals surface area (Å²) in [6, 6.07) is 5.06. The predicted octanol–water partition coefficient (Wildman–Crippen LogP) is 3.78. The number of rotatable bonds is 5. The number of benzene rings is 1. The maximum Gasteiger partial charge on any atom is 0.237 e. The van der Waals surface area contributed by atoms with Gasteiger partial charge in [-0.15, -0.1) is 11.8 Å². The molecular formula is C13H19ClN2OS. The summed E-state index contributed by atoms with van der Waals surface area (Å²) in [7, 11) is 0. The Hall–Kier alpha value is -0.870. The van der Waals surface area contributed by atoms with Gasteiger partial charge in [0.25, 0.3) is 0 Å². The van der Waals surface area contributed by atoms with Crippen LogP contribution in [0.25, 0.3) is 0 Å². The molecule has 0 aromatic heterocycles. The Labute approximate surface area is 117 Å². The molecule has 0 saturated carbocycles. The second-order valence-electron chi connectivity index (χ2n) is 4.23. The van der Waals surface area contributed by atoms with Crippen LogP contribution in [0, 0.1) is 0 Å². The fraction of sp³-hybridized carbons (Fsp3) is 0.462. The first-order valence-corrected chi connectivity index (χ1v) is 7.27. The van der Waals surface area contributed by atoms with Crippen molar-refractivity contribution in [3.8, 4) is 0 Å². The zero-order valence-corrected chi connectivity index (χ0v) is 12.4. The number of carbonyl (C=O) groups excluding carboxylic acids is 1. The second kappa shape index (κ2) is 6.90. The molecule has 0 aliphatic heterocycles. The van der Waals surface area contributed by atoms with Gasteiger partial charge in [-0.05, 0) is 31.5 Å². The molecule has 2 atom stereocenters. The molecule has 5 heteroatoms. The number of halogens is 1. The maximum absolute atomic E-state index is 12.0. The van der Waals surface area contributed by atoms with Crippen molar-refractivity contribution in [2.24, 2.45) is 0 Å². The van der Waals surface area contributed by atoms with E-state index in [1.54, 1.807) is 30.0 Å². The number of thioether (sulfide) groups is 1. The van der Waals surface area contributed by atoms with Gasteiger partial charge in [0.05, 0.1) is 16.0 Å². The summed E-state index contributed by atoms with van der Waals surface area (Å²) in [5, 5.41) is 3.64. The Morgan fingerprint density at radius 1 is 1.50 bits per heavy atom. The minimum Gasteiger partial charge on any atom is -0.399 e. The van der Waals surface area contributed by atoms with E-state index in [0.717, 1.165) is 6.42 Å². The zero-order valence-electron chi connectivity index (χ0n) is 10.9. The van der Waals surface area contributed by atoms with Gasteiger partial charge < -0.3 is 11.1 Å². The molecule has 1 amide bonds. The molecular weight excluding hydrogens is 268 g/mol. The largest absolute Gasteiger partial charge is 0.399 e. The van der Waals surface area contributed by atoms with Crippen LogP contribution in [0.1, 0.15) is 27.2 Å². The van der Waals surface area contributed by atoms with Gasteiger partial charge in [-0.2, -0.15) is 0 Å². The Morgan fingerprint density at radius 3 is 2.72 bits per heavy atom. The molecule has 0 bridgehead atoms. The summed E-state index contributed by atoms with van der Waals surface area (Å²) >= 11 is 7.67. The highest BCUT2D eigenvalue weighted by molar-refractivity contribution is 8.01. The molecule has 0 spiro atoms. The zero-order chi connectivity index (χ0) is 13.7. The number of hydrogen-bond donors (Lipinski definition) is 2. The highest BCUT2D eigenvalue weighted by Gasteiger charge is 2.17. The molecule has 0 aliphatic carbocycles. The van der Waals surface area contributed by atoms with E-state index in [9.17, 15) is 4.79 Å². The summed E-state index contributed by atoms with van der Waals surface area (Å²) in [4.78, 5) is 12.0. The summed E-state index contributed by atoms with van der Waals surface area (Å²) in [6.07, 6.45) is 1.05. The minimum absolute atomic E-state index is 0.0352. The van der Waals surface area contributed by atoms with Crippen molar-refractivity contribution in [3.63, 3.8) is 0 Å². The maximum atomic E-state index is 12.0. The molecule has 1 aromatic rings. The predicted molar refractivity (Wildman–Crippen MR) is 81.3 cm³/mol. The summed E-state index contributed by atoms with van der Waals surface area (Å²) in [6.45, 7) is 6.13. The van der Waals surface area contributed by atoms with E-state index in [0.29, 0.717) is 21.6 Å². The van der Waals surface area contributed by atoms with Crippen LogP contribution in [0.3, 0.4) is 0 Å². The van der Waals surface area contributed by atoms with E-state index >= 15 is 0 Å². The van der Waals surface area contributed by atoms with Gasteiger partial charge in [0.15, 0.2) is 0 Å². The fourth-order valence-corrected chi connectivity index (χ4v) is 2.68. The Kier molecular flexibility index (Phi) is 5.82. The van der Waals surface area contributed by atoms with E-state index in [-0.39, 0.29) is 11.2 Å². The minimum atomic E-state index is -0.103. The van der Waals surface area contributed by atoms with Crippen molar-refractivity contribution >= 4 is 40.6 Å². The van der Waals surface area contributed by atoms with E-state index in [1.165, 1.54) is 0 Å². The third-order valence-electron chi connectivity index (χ3n) is 2.63. The molecule has 0 heterocycles. The smallest absolute Gasteiger partial charge is 0.237 e. The quantitative estimate of drug-likeness (QED) is 0.810. The van der Waals surface area contributed by atoms with Gasteiger partial charge in [-0.3, -0.25) is 4.79 Å². The van der Waals surface area contributed by atoms with Crippen molar-refractivity contribution in [1.29, 1.82) is 0 Å². The number of nitrogens with one attached hydrogen (secondary N) is 1. The fourth-order valence-electron chi connectivity index (χ4n) is 1.37. The van der Waals surface area contributed by atoms with Crippen molar-refractivity contribution in [2.45, 2.75) is 37.7 Å². The number of hydrogen-bond acceptors (Lipinski definition) is 3. The number of nitrogen functional groups attached to an aromatic ring is 1. The Bertz CT molecular complexity index is 425. The number of nitrogens with two attached hydrogens (primary N) is 1. The molecule has 1 aromatic carbocycles. The highest BCUT2D eigenvalue weighted by atomic mass is 35.5. The lowest BCUT2D eigenvalue weighted by Gasteiger charge is -2.16. The summed E-state index contributed by atoms with van der Waals surface area (Å²) < 4.78 is 0. The molecule has 2 unspecified atom stereocenters. The van der Waals surface area contributed by atoms with Gasteiger partial charge in [0.1, 0.15) is 0 Å². The number of anilines is 2. The third kappa shape index (κ3) is 4.42. The lowest BCUT2D eigenvalue weighted by molar-refractivity contribution is -0.115. The third-order valence-corrected chi connectivity index (χ3v) is 4.36. The second-order valence-corrected chi connectivity index (χ2v) is 6.42. The highest BCUT2D eigenvalue weighted by Crippen LogP contribution is 2.26. The monoisotopic (exact) mass is 286 g/mol. The first-order chi connectivity index (χ1) is 8.43. The van der Waals surface area contributed by atoms with E-state index in [4.69, 9.17) is 17.3 Å². The molecule has 0 saturated heterocycles. The van der Waals surface area contributed by atoms with Crippen LogP contribution in [-0.4, -0.2) is 16.4 Å². The van der Waals surface area contributed by atoms with Crippen LogP contribution in [0.15, 0.2) is 18.2 Å². The summed E-state index contributed by atoms with van der Waals surface area (Å²) in [5.74, 6) is -0.0352. The lowest BCUT2D eigenvalue weighted by atomic mass is 10.2. The standard InChI is InChI=1S/C13H19ClN2OS/c1-4-8(2)18-9(3)13(17)16-12-6-5-10(15)7-11(12)14/h5-9H,4,15H2,1-3H3,(H,16,17). The normalized spacial score (nSPS) is 14.0. The molecule has 3 nitrogen and oxygen atoms in total. The SMILES string of the molecule is CCC(C)SC(C)C(=O)Nc1ccc(N)cc1Cl. The van der Waals surface area contributed by atoms with Crippen molar-refractivity contribution in [1.82, 2.24) is 0 Å². The molecule has 100 valence electrons. The van der Waals surface area contributed by atoms with E-state index in [2.05, 4.69) is 19.2 Å². The van der Waals surface area contributed by atoms with Crippen LogP contribution in [-0.2, 0) is 4.79 Å². The first-order valence-electron chi connectivity index (χ1n) is 5.95. The molecule has 0 radical (unpaired) electrons. The molecule has 0 aliphatic rings. The average molecular weight is 287 g/mol. The van der Waals surface area contributed by atoms with E-state index in [1.807, 2.05) is 6.92 Å². The molecule has 18 heavy (non-hydrogen) atoms.